The highest BCUT2D eigenvalue weighted by atomic mass is 16.6. The summed E-state index contributed by atoms with van der Waals surface area (Å²) in [6.45, 7) is 0.633. The van der Waals surface area contributed by atoms with Gasteiger partial charge in [0.1, 0.15) is 0 Å². The normalized spacial score (nSPS) is 18.4. The number of aliphatic hydroxyl groups excluding tert-OH is 1. The molecule has 0 spiro atoms. The lowest BCUT2D eigenvalue weighted by atomic mass is 10.1. The molecule has 0 aliphatic carbocycles. The van der Waals surface area contributed by atoms with Crippen molar-refractivity contribution in [3.05, 3.63) is 33.9 Å². The Kier molecular flexibility index (Phi) is 4.68. The van der Waals surface area contributed by atoms with Crippen LogP contribution in [0.5, 0.6) is 0 Å². The van der Waals surface area contributed by atoms with Crippen LogP contribution in [0.4, 0.5) is 11.4 Å². The van der Waals surface area contributed by atoms with Gasteiger partial charge in [-0.25, -0.2) is 0 Å². The Morgan fingerprint density at radius 2 is 2.38 bits per heavy atom. The number of hydrogen-bond acceptors (Lipinski definition) is 7. The standard InChI is InChI=1S/C12H16N4O5/c13-14-11-2-1-8(16(19)20)5-10(11)12(18)15-3-4-21-7-9(15)6-17/h1-2,5,9,14,17H,3-4,6-7,13H2. The van der Waals surface area contributed by atoms with Crippen LogP contribution in [0, 0.1) is 10.1 Å². The second-order valence-corrected chi connectivity index (χ2v) is 4.54. The minimum absolute atomic E-state index is 0.0899. The van der Waals surface area contributed by atoms with Gasteiger partial charge in [-0.05, 0) is 6.07 Å². The first-order valence-electron chi connectivity index (χ1n) is 6.33. The molecular formula is C12H16N4O5. The molecule has 114 valence electrons. The highest BCUT2D eigenvalue weighted by molar-refractivity contribution is 6.00. The molecule has 9 nitrogen and oxygen atoms in total. The molecule has 1 fully saturated rings. The van der Waals surface area contributed by atoms with Gasteiger partial charge in [0.25, 0.3) is 11.6 Å². The Bertz CT molecular complexity index is 550. The van der Waals surface area contributed by atoms with Crippen LogP contribution in [0.25, 0.3) is 0 Å². The molecule has 4 N–H and O–H groups in total. The number of amides is 1. The fourth-order valence-electron chi connectivity index (χ4n) is 2.18. The van der Waals surface area contributed by atoms with Gasteiger partial charge in [0, 0.05) is 18.7 Å². The monoisotopic (exact) mass is 296 g/mol. The van der Waals surface area contributed by atoms with Crippen molar-refractivity contribution in [1.82, 2.24) is 4.90 Å². The van der Waals surface area contributed by atoms with Gasteiger partial charge >= 0.3 is 0 Å². The number of nitro benzene ring substituents is 1. The van der Waals surface area contributed by atoms with Gasteiger partial charge in [0.15, 0.2) is 0 Å². The first-order valence-corrected chi connectivity index (χ1v) is 6.33. The Morgan fingerprint density at radius 1 is 1.62 bits per heavy atom. The number of hydrogen-bond donors (Lipinski definition) is 3. The lowest BCUT2D eigenvalue weighted by Gasteiger charge is -2.34. The number of rotatable bonds is 4. The fraction of sp³-hybridized carbons (Fsp3) is 0.417. The third kappa shape index (κ3) is 3.10. The molecule has 1 aliphatic rings. The van der Waals surface area contributed by atoms with Crippen molar-refractivity contribution in [1.29, 1.82) is 0 Å². The molecular weight excluding hydrogens is 280 g/mol. The van der Waals surface area contributed by atoms with Crippen LogP contribution in [0.1, 0.15) is 10.4 Å². The number of nitrogen functional groups attached to an aromatic ring is 1. The maximum atomic E-state index is 12.6. The second kappa shape index (κ2) is 6.48. The number of ether oxygens (including phenoxy) is 1. The van der Waals surface area contributed by atoms with Gasteiger partial charge in [-0.1, -0.05) is 0 Å². The third-order valence-electron chi connectivity index (χ3n) is 3.30. The van der Waals surface area contributed by atoms with E-state index in [4.69, 9.17) is 10.6 Å². The van der Waals surface area contributed by atoms with Crippen LogP contribution >= 0.6 is 0 Å². The van der Waals surface area contributed by atoms with E-state index in [0.717, 1.165) is 0 Å². The van der Waals surface area contributed by atoms with Gasteiger partial charge in [0.05, 0.1) is 42.0 Å². The van der Waals surface area contributed by atoms with Crippen molar-refractivity contribution in [2.24, 2.45) is 5.84 Å². The van der Waals surface area contributed by atoms with Crippen LogP contribution < -0.4 is 11.3 Å². The lowest BCUT2D eigenvalue weighted by Crippen LogP contribution is -2.50. The van der Waals surface area contributed by atoms with Gasteiger partial charge in [0.2, 0.25) is 0 Å². The van der Waals surface area contributed by atoms with Gasteiger partial charge in [-0.15, -0.1) is 0 Å². The maximum Gasteiger partial charge on any atom is 0.270 e. The minimum atomic E-state index is -0.583. The van der Waals surface area contributed by atoms with E-state index in [1.54, 1.807) is 0 Å². The molecule has 2 rings (SSSR count). The average Bonchev–Trinajstić information content (AvgIpc) is 2.53. The number of carbonyl (C=O) groups excluding carboxylic acids is 1. The topological polar surface area (TPSA) is 131 Å². The SMILES string of the molecule is NNc1ccc([N+](=O)[O-])cc1C(=O)N1CCOCC1CO. The minimum Gasteiger partial charge on any atom is -0.394 e. The van der Waals surface area contributed by atoms with Crippen molar-refractivity contribution >= 4 is 17.3 Å². The first-order chi connectivity index (χ1) is 10.1. The van der Waals surface area contributed by atoms with Gasteiger partial charge in [-0.3, -0.25) is 20.8 Å². The summed E-state index contributed by atoms with van der Waals surface area (Å²) in [6, 6.07) is 3.33. The molecule has 1 aromatic carbocycles. The van der Waals surface area contributed by atoms with Crippen molar-refractivity contribution in [3.8, 4) is 0 Å². The highest BCUT2D eigenvalue weighted by Crippen LogP contribution is 2.24. The quantitative estimate of drug-likeness (QED) is 0.395. The molecule has 0 saturated carbocycles. The number of anilines is 1. The fourth-order valence-corrected chi connectivity index (χ4v) is 2.18. The van der Waals surface area contributed by atoms with E-state index in [0.29, 0.717) is 13.2 Å². The first kappa shape index (κ1) is 15.2. The summed E-state index contributed by atoms with van der Waals surface area (Å²) in [4.78, 5) is 24.3. The molecule has 1 heterocycles. The number of benzene rings is 1. The zero-order valence-corrected chi connectivity index (χ0v) is 11.2. The number of nitrogens with two attached hydrogens (primary N) is 1. The van der Waals surface area contributed by atoms with Crippen LogP contribution in [0.3, 0.4) is 0 Å². The summed E-state index contributed by atoms with van der Waals surface area (Å²) >= 11 is 0. The zero-order valence-electron chi connectivity index (χ0n) is 11.2. The van der Waals surface area contributed by atoms with Crippen LogP contribution in [-0.4, -0.2) is 53.2 Å². The molecule has 21 heavy (non-hydrogen) atoms. The largest absolute Gasteiger partial charge is 0.394 e. The van der Waals surface area contributed by atoms with E-state index < -0.39 is 16.9 Å². The van der Waals surface area contributed by atoms with E-state index >= 15 is 0 Å². The molecule has 1 atom stereocenters. The number of non-ortho nitro benzene ring substituents is 1. The molecule has 0 bridgehead atoms. The molecule has 1 aliphatic heterocycles. The predicted octanol–water partition coefficient (Wildman–Crippen LogP) is -0.286. The van der Waals surface area contributed by atoms with E-state index in [1.807, 2.05) is 0 Å². The Balaban J connectivity index is 2.36. The number of hydrazine groups is 1. The van der Waals surface area contributed by atoms with Crippen LogP contribution in [0.2, 0.25) is 0 Å². The second-order valence-electron chi connectivity index (χ2n) is 4.54. The summed E-state index contributed by atoms with van der Waals surface area (Å²) in [5, 5.41) is 20.1. The molecule has 0 radical (unpaired) electrons. The van der Waals surface area contributed by atoms with Gasteiger partial charge < -0.3 is 20.2 Å². The molecule has 1 amide bonds. The van der Waals surface area contributed by atoms with Crippen molar-refractivity contribution in [3.63, 3.8) is 0 Å². The molecule has 1 aromatic rings. The van der Waals surface area contributed by atoms with Gasteiger partial charge in [-0.2, -0.15) is 0 Å². The summed E-state index contributed by atoms with van der Waals surface area (Å²) < 4.78 is 5.21. The predicted molar refractivity (Wildman–Crippen MR) is 73.6 cm³/mol. The van der Waals surface area contributed by atoms with Crippen LogP contribution in [0.15, 0.2) is 18.2 Å². The summed E-state index contributed by atoms with van der Waals surface area (Å²) in [5.41, 5.74) is 2.52. The lowest BCUT2D eigenvalue weighted by molar-refractivity contribution is -0.384. The smallest absolute Gasteiger partial charge is 0.270 e. The maximum absolute atomic E-state index is 12.6. The average molecular weight is 296 g/mol. The zero-order chi connectivity index (χ0) is 15.4. The van der Waals surface area contributed by atoms with Crippen molar-refractivity contribution in [2.75, 3.05) is 31.8 Å². The summed E-state index contributed by atoms with van der Waals surface area (Å²) in [7, 11) is 0. The van der Waals surface area contributed by atoms with Crippen LogP contribution in [-0.2, 0) is 4.74 Å². The molecule has 0 aromatic heterocycles. The Morgan fingerprint density at radius 3 is 3.00 bits per heavy atom. The van der Waals surface area contributed by atoms with E-state index in [-0.39, 0.29) is 30.2 Å². The number of carbonyl (C=O) groups is 1. The molecule has 1 saturated heterocycles. The van der Waals surface area contributed by atoms with Crippen molar-refractivity contribution in [2.45, 2.75) is 6.04 Å². The Hall–Kier alpha value is -2.23. The number of morpholine rings is 1. The molecule has 9 heteroatoms. The number of aliphatic hydroxyl groups is 1. The number of nitro groups is 1. The summed E-state index contributed by atoms with van der Waals surface area (Å²) in [5.74, 6) is 4.91. The number of nitrogens with zero attached hydrogens (tertiary/aromatic N) is 2. The summed E-state index contributed by atoms with van der Waals surface area (Å²) in [6.07, 6.45) is 0. The number of nitrogens with one attached hydrogen (secondary N) is 1. The van der Waals surface area contributed by atoms with E-state index in [2.05, 4.69) is 5.43 Å². The van der Waals surface area contributed by atoms with E-state index in [9.17, 15) is 20.0 Å². The highest BCUT2D eigenvalue weighted by Gasteiger charge is 2.29. The Labute approximate surface area is 120 Å². The van der Waals surface area contributed by atoms with Crippen molar-refractivity contribution < 1.29 is 19.6 Å². The van der Waals surface area contributed by atoms with E-state index in [1.165, 1.54) is 23.1 Å². The molecule has 1 unspecified atom stereocenters. The third-order valence-corrected chi connectivity index (χ3v) is 3.30.